The topological polar surface area (TPSA) is 38.0 Å². The van der Waals surface area contributed by atoms with Gasteiger partial charge in [0.05, 0.1) is 0 Å². The summed E-state index contributed by atoms with van der Waals surface area (Å²) in [5, 5.41) is 2.51. The summed E-state index contributed by atoms with van der Waals surface area (Å²) in [6.45, 7) is 0. The number of hydrogen-bond acceptors (Lipinski definition) is 2. The molecule has 0 aliphatic carbocycles. The zero-order valence-electron chi connectivity index (χ0n) is 8.68. The molecule has 0 spiro atoms. The molecule has 0 heterocycles. The number of nitrogens with one attached hydrogen (secondary N) is 1. The Balaban J connectivity index is 2.36. The van der Waals surface area contributed by atoms with Gasteiger partial charge < -0.3 is 11.1 Å². The van der Waals surface area contributed by atoms with E-state index >= 15 is 0 Å². The first-order valence-corrected chi connectivity index (χ1v) is 4.83. The van der Waals surface area contributed by atoms with Gasteiger partial charge in [0.2, 0.25) is 0 Å². The van der Waals surface area contributed by atoms with Crippen molar-refractivity contribution in [2.75, 3.05) is 11.1 Å². The molecule has 0 bridgehead atoms. The number of nitrogen functional groups attached to an aromatic ring is 1. The lowest BCUT2D eigenvalue weighted by atomic mass is 10.2. The van der Waals surface area contributed by atoms with Gasteiger partial charge in [0, 0.05) is 23.5 Å². The van der Waals surface area contributed by atoms with Gasteiger partial charge in [0.15, 0.2) is 11.6 Å². The lowest BCUT2D eigenvalue weighted by Crippen LogP contribution is -1.99. The molecule has 88 valence electrons. The number of halogens is 3. The normalized spacial score (nSPS) is 10.3. The van der Waals surface area contributed by atoms with Gasteiger partial charge in [-0.05, 0) is 18.2 Å². The highest BCUT2D eigenvalue weighted by atomic mass is 19.1. The summed E-state index contributed by atoms with van der Waals surface area (Å²) in [5.41, 5.74) is 6.00. The van der Waals surface area contributed by atoms with Gasteiger partial charge in [-0.15, -0.1) is 0 Å². The van der Waals surface area contributed by atoms with Crippen LogP contribution in [0.3, 0.4) is 0 Å². The maximum Gasteiger partial charge on any atom is 0.152 e. The molecule has 0 aliphatic rings. The smallest absolute Gasteiger partial charge is 0.152 e. The Morgan fingerprint density at radius 2 is 1.59 bits per heavy atom. The molecule has 3 N–H and O–H groups in total. The van der Waals surface area contributed by atoms with Crippen LogP contribution in [0, 0.1) is 17.5 Å². The summed E-state index contributed by atoms with van der Waals surface area (Å²) in [5.74, 6) is -2.95. The molecular weight excluding hydrogens is 229 g/mol. The highest BCUT2D eigenvalue weighted by Crippen LogP contribution is 2.25. The third-order valence-corrected chi connectivity index (χ3v) is 2.16. The summed E-state index contributed by atoms with van der Waals surface area (Å²) < 4.78 is 39.3. The van der Waals surface area contributed by atoms with E-state index in [1.54, 1.807) is 18.2 Å². The van der Waals surface area contributed by atoms with E-state index in [0.717, 1.165) is 0 Å². The molecule has 0 saturated carbocycles. The monoisotopic (exact) mass is 238 g/mol. The van der Waals surface area contributed by atoms with E-state index in [1.165, 1.54) is 6.07 Å². The Bertz CT molecular complexity index is 532. The van der Waals surface area contributed by atoms with Gasteiger partial charge in [0.25, 0.3) is 0 Å². The molecule has 0 unspecified atom stereocenters. The third kappa shape index (κ3) is 2.50. The van der Waals surface area contributed by atoms with Crippen molar-refractivity contribution in [3.05, 3.63) is 53.8 Å². The second-order valence-electron chi connectivity index (χ2n) is 3.49. The molecule has 0 atom stereocenters. The van der Waals surface area contributed by atoms with E-state index in [2.05, 4.69) is 5.32 Å². The van der Waals surface area contributed by atoms with Crippen molar-refractivity contribution in [2.24, 2.45) is 0 Å². The number of nitrogens with two attached hydrogens (primary N) is 1. The summed E-state index contributed by atoms with van der Waals surface area (Å²) >= 11 is 0. The van der Waals surface area contributed by atoms with E-state index in [0.29, 0.717) is 23.5 Å². The van der Waals surface area contributed by atoms with Crippen LogP contribution in [-0.2, 0) is 0 Å². The predicted molar refractivity (Wildman–Crippen MR) is 60.5 cm³/mol. The van der Waals surface area contributed by atoms with Crippen LogP contribution < -0.4 is 11.1 Å². The van der Waals surface area contributed by atoms with Crippen molar-refractivity contribution in [1.29, 1.82) is 0 Å². The maximum atomic E-state index is 13.3. The molecular formula is C12H9F3N2. The van der Waals surface area contributed by atoms with Gasteiger partial charge in [-0.3, -0.25) is 0 Å². The Kier molecular flexibility index (Phi) is 2.91. The number of rotatable bonds is 2. The van der Waals surface area contributed by atoms with Crippen LogP contribution in [0.15, 0.2) is 36.4 Å². The molecule has 2 nitrogen and oxygen atoms in total. The van der Waals surface area contributed by atoms with Crippen LogP contribution in [0.4, 0.5) is 30.2 Å². The molecule has 0 amide bonds. The first-order valence-electron chi connectivity index (χ1n) is 4.83. The Hall–Kier alpha value is -2.17. The molecule has 0 aliphatic heterocycles. The van der Waals surface area contributed by atoms with Gasteiger partial charge in [-0.25, -0.2) is 13.2 Å². The van der Waals surface area contributed by atoms with Gasteiger partial charge >= 0.3 is 0 Å². The summed E-state index contributed by atoms with van der Waals surface area (Å²) in [6.07, 6.45) is 0. The molecule has 2 aromatic rings. The van der Waals surface area contributed by atoms with Crippen LogP contribution in [0.25, 0.3) is 0 Å². The highest BCUT2D eigenvalue weighted by molar-refractivity contribution is 5.64. The minimum Gasteiger partial charge on any atom is -0.399 e. The third-order valence-electron chi connectivity index (χ3n) is 2.16. The summed E-state index contributed by atoms with van der Waals surface area (Å²) in [4.78, 5) is 0. The fraction of sp³-hybridized carbons (Fsp3) is 0. The Morgan fingerprint density at radius 3 is 2.18 bits per heavy atom. The molecule has 0 fully saturated rings. The van der Waals surface area contributed by atoms with Crippen LogP contribution >= 0.6 is 0 Å². The molecule has 0 radical (unpaired) electrons. The SMILES string of the molecule is Nc1cccc(Nc2c(F)cc(F)cc2F)c1. The lowest BCUT2D eigenvalue weighted by Gasteiger charge is -2.09. The number of benzene rings is 2. The average Bonchev–Trinajstić information content (AvgIpc) is 2.23. The summed E-state index contributed by atoms with van der Waals surface area (Å²) in [7, 11) is 0. The zero-order valence-corrected chi connectivity index (χ0v) is 8.68. The van der Waals surface area contributed by atoms with E-state index in [1.807, 2.05) is 0 Å². The molecule has 0 aromatic heterocycles. The van der Waals surface area contributed by atoms with Crippen molar-refractivity contribution in [2.45, 2.75) is 0 Å². The van der Waals surface area contributed by atoms with Crippen molar-refractivity contribution in [3.8, 4) is 0 Å². The average molecular weight is 238 g/mol. The van der Waals surface area contributed by atoms with Crippen LogP contribution in [-0.4, -0.2) is 0 Å². The van der Waals surface area contributed by atoms with Gasteiger partial charge in [-0.1, -0.05) is 6.07 Å². The first kappa shape index (κ1) is 11.3. The molecule has 0 saturated heterocycles. The van der Waals surface area contributed by atoms with E-state index in [4.69, 9.17) is 5.73 Å². The number of hydrogen-bond donors (Lipinski definition) is 2. The second kappa shape index (κ2) is 4.37. The Labute approximate surface area is 95.9 Å². The zero-order chi connectivity index (χ0) is 12.4. The Morgan fingerprint density at radius 1 is 0.941 bits per heavy atom. The van der Waals surface area contributed by atoms with Crippen molar-refractivity contribution >= 4 is 17.1 Å². The minimum absolute atomic E-state index is 0.406. The quantitative estimate of drug-likeness (QED) is 0.786. The van der Waals surface area contributed by atoms with E-state index in [9.17, 15) is 13.2 Å². The first-order chi connectivity index (χ1) is 8.06. The van der Waals surface area contributed by atoms with Crippen LogP contribution in [0.5, 0.6) is 0 Å². The highest BCUT2D eigenvalue weighted by Gasteiger charge is 2.11. The summed E-state index contributed by atoms with van der Waals surface area (Å²) in [6, 6.07) is 7.61. The van der Waals surface area contributed by atoms with E-state index in [-0.39, 0.29) is 0 Å². The number of anilines is 3. The predicted octanol–water partition coefficient (Wildman–Crippen LogP) is 3.43. The fourth-order valence-corrected chi connectivity index (χ4v) is 1.42. The van der Waals surface area contributed by atoms with Crippen molar-refractivity contribution < 1.29 is 13.2 Å². The second-order valence-corrected chi connectivity index (χ2v) is 3.49. The van der Waals surface area contributed by atoms with Crippen molar-refractivity contribution in [1.82, 2.24) is 0 Å². The van der Waals surface area contributed by atoms with Crippen molar-refractivity contribution in [3.63, 3.8) is 0 Å². The lowest BCUT2D eigenvalue weighted by molar-refractivity contribution is 0.549. The fourth-order valence-electron chi connectivity index (χ4n) is 1.42. The van der Waals surface area contributed by atoms with Gasteiger partial charge in [0.1, 0.15) is 11.5 Å². The van der Waals surface area contributed by atoms with E-state index < -0.39 is 23.1 Å². The standard InChI is InChI=1S/C12H9F3N2/c13-7-4-10(14)12(11(15)5-7)17-9-3-1-2-8(16)6-9/h1-6,17H,16H2. The molecule has 5 heteroatoms. The molecule has 2 rings (SSSR count). The minimum atomic E-state index is -0.995. The molecule has 2 aromatic carbocycles. The maximum absolute atomic E-state index is 13.3. The van der Waals surface area contributed by atoms with Gasteiger partial charge in [-0.2, -0.15) is 0 Å². The van der Waals surface area contributed by atoms with Crippen LogP contribution in [0.1, 0.15) is 0 Å². The largest absolute Gasteiger partial charge is 0.399 e. The molecule has 17 heavy (non-hydrogen) atoms. The van der Waals surface area contributed by atoms with Crippen LogP contribution in [0.2, 0.25) is 0 Å².